The van der Waals surface area contributed by atoms with Gasteiger partial charge in [0.05, 0.1) is 13.2 Å². The van der Waals surface area contributed by atoms with Crippen LogP contribution in [0.25, 0.3) is 0 Å². The third kappa shape index (κ3) is 2.33. The Labute approximate surface area is 112 Å². The molecule has 2 N–H and O–H groups in total. The smallest absolute Gasteiger partial charge is 0.0645 e. The van der Waals surface area contributed by atoms with Crippen LogP contribution in [-0.2, 0) is 4.74 Å². The zero-order valence-corrected chi connectivity index (χ0v) is 12.4. The van der Waals surface area contributed by atoms with Gasteiger partial charge < -0.3 is 10.5 Å². The Hall–Kier alpha value is -0.120. The van der Waals surface area contributed by atoms with Crippen LogP contribution in [0.1, 0.15) is 52.9 Å². The maximum Gasteiger partial charge on any atom is 0.0645 e. The topological polar surface area (TPSA) is 38.5 Å². The second kappa shape index (κ2) is 5.48. The van der Waals surface area contributed by atoms with E-state index >= 15 is 0 Å². The van der Waals surface area contributed by atoms with Crippen LogP contribution in [-0.4, -0.2) is 42.3 Å². The molecule has 106 valence electrons. The lowest BCUT2D eigenvalue weighted by Gasteiger charge is -2.58. The summed E-state index contributed by atoms with van der Waals surface area (Å²) in [5.41, 5.74) is 6.62. The van der Waals surface area contributed by atoms with Crippen molar-refractivity contribution in [2.24, 2.45) is 11.7 Å². The second-order valence-electron chi connectivity index (χ2n) is 6.68. The summed E-state index contributed by atoms with van der Waals surface area (Å²) in [5.74, 6) is 0.758. The van der Waals surface area contributed by atoms with E-state index in [-0.39, 0.29) is 11.1 Å². The maximum absolute atomic E-state index is 6.27. The zero-order chi connectivity index (χ0) is 13.2. The Balaban J connectivity index is 2.28. The van der Waals surface area contributed by atoms with E-state index in [1.54, 1.807) is 0 Å². The lowest BCUT2D eigenvalue weighted by Crippen LogP contribution is -2.69. The maximum atomic E-state index is 6.27. The van der Waals surface area contributed by atoms with Crippen molar-refractivity contribution in [2.75, 3.05) is 26.3 Å². The highest BCUT2D eigenvalue weighted by atomic mass is 16.5. The predicted octanol–water partition coefficient (Wildman–Crippen LogP) is 2.39. The zero-order valence-electron chi connectivity index (χ0n) is 12.4. The quantitative estimate of drug-likeness (QED) is 0.840. The second-order valence-corrected chi connectivity index (χ2v) is 6.68. The summed E-state index contributed by atoms with van der Waals surface area (Å²) in [6.07, 6.45) is 6.59. The molecular formula is C15H30N2O. The molecule has 1 heterocycles. The Kier molecular flexibility index (Phi) is 4.35. The van der Waals surface area contributed by atoms with Gasteiger partial charge in [-0.05, 0) is 32.6 Å². The first kappa shape index (κ1) is 14.3. The van der Waals surface area contributed by atoms with E-state index in [4.69, 9.17) is 10.5 Å². The van der Waals surface area contributed by atoms with Crippen molar-refractivity contribution in [3.63, 3.8) is 0 Å². The van der Waals surface area contributed by atoms with Gasteiger partial charge in [-0.2, -0.15) is 0 Å². The minimum atomic E-state index is 0.127. The molecule has 0 aromatic heterocycles. The number of hydrogen-bond donors (Lipinski definition) is 1. The fourth-order valence-corrected chi connectivity index (χ4v) is 4.30. The van der Waals surface area contributed by atoms with Crippen LogP contribution in [0, 0.1) is 5.92 Å². The molecule has 0 amide bonds. The first-order valence-electron chi connectivity index (χ1n) is 7.62. The van der Waals surface area contributed by atoms with Crippen LogP contribution in [0.4, 0.5) is 0 Å². The molecule has 0 aromatic carbocycles. The van der Waals surface area contributed by atoms with Gasteiger partial charge in [0.15, 0.2) is 0 Å². The molecule has 1 aliphatic heterocycles. The molecule has 0 spiro atoms. The van der Waals surface area contributed by atoms with Crippen LogP contribution in [0.15, 0.2) is 0 Å². The van der Waals surface area contributed by atoms with Gasteiger partial charge in [0.1, 0.15) is 0 Å². The van der Waals surface area contributed by atoms with Crippen molar-refractivity contribution < 1.29 is 4.74 Å². The summed E-state index contributed by atoms with van der Waals surface area (Å²) < 4.78 is 5.68. The van der Waals surface area contributed by atoms with Gasteiger partial charge in [0.25, 0.3) is 0 Å². The molecular weight excluding hydrogens is 224 g/mol. The molecule has 18 heavy (non-hydrogen) atoms. The van der Waals surface area contributed by atoms with Crippen molar-refractivity contribution in [1.82, 2.24) is 4.90 Å². The molecule has 0 bridgehead atoms. The average Bonchev–Trinajstić information content (AvgIpc) is 2.38. The fraction of sp³-hybridized carbons (Fsp3) is 1.00. The molecule has 1 saturated carbocycles. The van der Waals surface area contributed by atoms with E-state index in [2.05, 4.69) is 25.7 Å². The first-order chi connectivity index (χ1) is 8.57. The molecule has 2 rings (SSSR count). The Morgan fingerprint density at radius 3 is 2.72 bits per heavy atom. The standard InChI is InChI=1S/C15H30N2O/c1-4-13-7-5-6-8-15(13,11-16)17-9-10-18-12-14(17,2)3/h13H,4-12,16H2,1-3H3. The number of nitrogens with two attached hydrogens (primary N) is 1. The number of rotatable bonds is 3. The molecule has 0 aromatic rings. The Morgan fingerprint density at radius 1 is 1.33 bits per heavy atom. The summed E-state index contributed by atoms with van der Waals surface area (Å²) >= 11 is 0. The summed E-state index contributed by atoms with van der Waals surface area (Å²) in [6, 6.07) is 0. The molecule has 1 aliphatic carbocycles. The third-order valence-corrected chi connectivity index (χ3v) is 5.20. The predicted molar refractivity (Wildman–Crippen MR) is 75.6 cm³/mol. The van der Waals surface area contributed by atoms with Gasteiger partial charge in [-0.15, -0.1) is 0 Å². The highest BCUT2D eigenvalue weighted by Crippen LogP contribution is 2.43. The normalized spacial score (nSPS) is 37.7. The molecule has 2 unspecified atom stereocenters. The van der Waals surface area contributed by atoms with Crippen LogP contribution < -0.4 is 5.73 Å². The molecule has 2 fully saturated rings. The van der Waals surface area contributed by atoms with E-state index in [9.17, 15) is 0 Å². The van der Waals surface area contributed by atoms with Crippen LogP contribution in [0.2, 0.25) is 0 Å². The molecule has 3 heteroatoms. The van der Waals surface area contributed by atoms with Gasteiger partial charge in [-0.3, -0.25) is 4.90 Å². The summed E-state index contributed by atoms with van der Waals surface area (Å²) in [6.45, 7) is 10.5. The van der Waals surface area contributed by atoms with E-state index in [0.717, 1.165) is 32.2 Å². The summed E-state index contributed by atoms with van der Waals surface area (Å²) in [7, 11) is 0. The van der Waals surface area contributed by atoms with Gasteiger partial charge in [-0.1, -0.05) is 26.2 Å². The average molecular weight is 254 g/mol. The number of hydrogen-bond acceptors (Lipinski definition) is 3. The van der Waals surface area contributed by atoms with Crippen molar-refractivity contribution in [3.05, 3.63) is 0 Å². The summed E-state index contributed by atoms with van der Waals surface area (Å²) in [4.78, 5) is 2.69. The van der Waals surface area contributed by atoms with Crippen molar-refractivity contribution in [1.29, 1.82) is 0 Å². The molecule has 2 atom stereocenters. The van der Waals surface area contributed by atoms with Crippen molar-refractivity contribution >= 4 is 0 Å². The van der Waals surface area contributed by atoms with Crippen LogP contribution in [0.5, 0.6) is 0 Å². The van der Waals surface area contributed by atoms with E-state index in [1.165, 1.54) is 32.1 Å². The minimum absolute atomic E-state index is 0.127. The summed E-state index contributed by atoms with van der Waals surface area (Å²) in [5, 5.41) is 0. The number of nitrogens with zero attached hydrogens (tertiary/aromatic N) is 1. The molecule has 3 nitrogen and oxygen atoms in total. The minimum Gasteiger partial charge on any atom is -0.378 e. The van der Waals surface area contributed by atoms with Gasteiger partial charge >= 0.3 is 0 Å². The van der Waals surface area contributed by atoms with Crippen LogP contribution in [0.3, 0.4) is 0 Å². The molecule has 0 radical (unpaired) electrons. The number of ether oxygens (including phenoxy) is 1. The Bertz CT molecular complexity index is 280. The lowest BCUT2D eigenvalue weighted by atomic mass is 9.68. The fourth-order valence-electron chi connectivity index (χ4n) is 4.30. The van der Waals surface area contributed by atoms with E-state index in [0.29, 0.717) is 0 Å². The highest BCUT2D eigenvalue weighted by molar-refractivity contribution is 5.05. The first-order valence-corrected chi connectivity index (χ1v) is 7.62. The number of morpholine rings is 1. The van der Waals surface area contributed by atoms with Gasteiger partial charge in [0, 0.05) is 24.2 Å². The Morgan fingerprint density at radius 2 is 2.11 bits per heavy atom. The molecule has 1 saturated heterocycles. The lowest BCUT2D eigenvalue weighted by molar-refractivity contribution is -0.131. The van der Waals surface area contributed by atoms with E-state index in [1.807, 2.05) is 0 Å². The van der Waals surface area contributed by atoms with Crippen LogP contribution >= 0.6 is 0 Å². The largest absolute Gasteiger partial charge is 0.378 e. The van der Waals surface area contributed by atoms with Crippen molar-refractivity contribution in [3.8, 4) is 0 Å². The van der Waals surface area contributed by atoms with Crippen molar-refractivity contribution in [2.45, 2.75) is 64.0 Å². The van der Waals surface area contributed by atoms with Gasteiger partial charge in [-0.25, -0.2) is 0 Å². The SMILES string of the molecule is CCC1CCCCC1(CN)N1CCOCC1(C)C. The monoisotopic (exact) mass is 254 g/mol. The van der Waals surface area contributed by atoms with Gasteiger partial charge in [0.2, 0.25) is 0 Å². The highest BCUT2D eigenvalue weighted by Gasteiger charge is 2.49. The third-order valence-electron chi connectivity index (χ3n) is 5.20. The molecule has 2 aliphatic rings. The van der Waals surface area contributed by atoms with E-state index < -0.39 is 0 Å².